The number of nitrogens with one attached hydrogen (secondary N) is 1. The lowest BCUT2D eigenvalue weighted by molar-refractivity contribution is -0.123. The van der Waals surface area contributed by atoms with Crippen molar-refractivity contribution < 1.29 is 4.79 Å². The lowest BCUT2D eigenvalue weighted by Gasteiger charge is -2.06. The van der Waals surface area contributed by atoms with Crippen LogP contribution in [0.25, 0.3) is 0 Å². The molecule has 0 atom stereocenters. The lowest BCUT2D eigenvalue weighted by atomic mass is 10.2. The minimum atomic E-state index is 0.0315. The quantitative estimate of drug-likeness (QED) is 0.693. The predicted octanol–water partition coefficient (Wildman–Crippen LogP) is 0.979. The number of nitrogens with zero attached hydrogens (tertiary/aromatic N) is 2. The van der Waals surface area contributed by atoms with Gasteiger partial charge >= 0.3 is 0 Å². The van der Waals surface area contributed by atoms with Gasteiger partial charge in [-0.15, -0.1) is 0 Å². The fourth-order valence-corrected chi connectivity index (χ4v) is 1.01. The molecule has 0 bridgehead atoms. The summed E-state index contributed by atoms with van der Waals surface area (Å²) in [5.74, 6) is 0.0938. The Morgan fingerprint density at radius 3 is 2.69 bits per heavy atom. The molecule has 0 aromatic carbocycles. The van der Waals surface area contributed by atoms with Crippen LogP contribution in [0.3, 0.4) is 0 Å². The molecule has 0 fully saturated rings. The topological polar surface area (TPSA) is 53.8 Å². The normalized spacial score (nSPS) is 15.7. The lowest BCUT2D eigenvalue weighted by Crippen LogP contribution is -2.32. The van der Waals surface area contributed by atoms with E-state index in [-0.39, 0.29) is 11.8 Å². The van der Waals surface area contributed by atoms with Crippen molar-refractivity contribution in [1.82, 2.24) is 5.32 Å². The molecule has 72 valence electrons. The van der Waals surface area contributed by atoms with Gasteiger partial charge in [-0.2, -0.15) is 10.2 Å². The van der Waals surface area contributed by atoms with E-state index in [2.05, 4.69) is 15.5 Å². The summed E-state index contributed by atoms with van der Waals surface area (Å²) in [6, 6.07) is 0. The Balaban J connectivity index is 2.26. The van der Waals surface area contributed by atoms with E-state index in [1.165, 1.54) is 0 Å². The molecule has 1 rings (SSSR count). The zero-order valence-electron chi connectivity index (χ0n) is 8.29. The van der Waals surface area contributed by atoms with Crippen molar-refractivity contribution in [3.8, 4) is 0 Å². The molecule has 13 heavy (non-hydrogen) atoms. The van der Waals surface area contributed by atoms with E-state index < -0.39 is 0 Å². The van der Waals surface area contributed by atoms with Gasteiger partial charge in [0.1, 0.15) is 0 Å². The van der Waals surface area contributed by atoms with Crippen LogP contribution in [0.1, 0.15) is 27.2 Å². The standard InChI is InChI=1S/C9H15N3O/c1-6(2)9(13)10-5-8-4-7(3)11-12-8/h6H,4-5H2,1-3H3,(H,10,13). The molecular weight excluding hydrogens is 166 g/mol. The minimum absolute atomic E-state index is 0.0315. The summed E-state index contributed by atoms with van der Waals surface area (Å²) in [5.41, 5.74) is 1.94. The van der Waals surface area contributed by atoms with Crippen molar-refractivity contribution >= 4 is 17.3 Å². The van der Waals surface area contributed by atoms with Crippen LogP contribution in [-0.4, -0.2) is 23.9 Å². The fraction of sp³-hybridized carbons (Fsp3) is 0.667. The average Bonchev–Trinajstić information content (AvgIpc) is 2.47. The third kappa shape index (κ3) is 2.97. The zero-order valence-corrected chi connectivity index (χ0v) is 8.29. The second-order valence-electron chi connectivity index (χ2n) is 3.55. The maximum Gasteiger partial charge on any atom is 0.222 e. The van der Waals surface area contributed by atoms with Crippen LogP contribution < -0.4 is 5.32 Å². The van der Waals surface area contributed by atoms with Crippen molar-refractivity contribution in [2.45, 2.75) is 27.2 Å². The van der Waals surface area contributed by atoms with Crippen molar-refractivity contribution in [2.75, 3.05) is 6.54 Å². The molecule has 1 N–H and O–H groups in total. The molecule has 1 amide bonds. The maximum atomic E-state index is 11.2. The van der Waals surface area contributed by atoms with Gasteiger partial charge in [0, 0.05) is 18.1 Å². The molecular formula is C9H15N3O. The van der Waals surface area contributed by atoms with Crippen LogP contribution in [0.2, 0.25) is 0 Å². The maximum absolute atomic E-state index is 11.2. The highest BCUT2D eigenvalue weighted by atomic mass is 16.1. The molecule has 0 unspecified atom stereocenters. The highest BCUT2D eigenvalue weighted by Crippen LogP contribution is 2.01. The molecule has 0 aromatic rings. The summed E-state index contributed by atoms with van der Waals surface area (Å²) in [4.78, 5) is 11.2. The molecule has 0 aliphatic carbocycles. The monoisotopic (exact) mass is 181 g/mol. The number of carbonyl (C=O) groups is 1. The molecule has 0 radical (unpaired) electrons. The first-order valence-electron chi connectivity index (χ1n) is 4.46. The van der Waals surface area contributed by atoms with Crippen LogP contribution in [0.5, 0.6) is 0 Å². The molecule has 0 saturated heterocycles. The van der Waals surface area contributed by atoms with E-state index in [4.69, 9.17) is 0 Å². The zero-order chi connectivity index (χ0) is 9.84. The molecule has 4 nitrogen and oxygen atoms in total. The van der Waals surface area contributed by atoms with Gasteiger partial charge in [0.2, 0.25) is 5.91 Å². The summed E-state index contributed by atoms with van der Waals surface area (Å²) in [6.45, 7) is 6.19. The van der Waals surface area contributed by atoms with Crippen LogP contribution in [-0.2, 0) is 4.79 Å². The Bertz CT molecular complexity index is 266. The first kappa shape index (κ1) is 9.89. The van der Waals surface area contributed by atoms with Crippen LogP contribution in [0.15, 0.2) is 10.2 Å². The summed E-state index contributed by atoms with van der Waals surface area (Å²) in [7, 11) is 0. The van der Waals surface area contributed by atoms with E-state index >= 15 is 0 Å². The summed E-state index contributed by atoms with van der Waals surface area (Å²) >= 11 is 0. The smallest absolute Gasteiger partial charge is 0.222 e. The van der Waals surface area contributed by atoms with E-state index in [1.54, 1.807) is 0 Å². The molecule has 0 spiro atoms. The van der Waals surface area contributed by atoms with Crippen molar-refractivity contribution in [3.63, 3.8) is 0 Å². The van der Waals surface area contributed by atoms with Crippen molar-refractivity contribution in [2.24, 2.45) is 16.1 Å². The van der Waals surface area contributed by atoms with Gasteiger partial charge < -0.3 is 5.32 Å². The molecule has 1 aliphatic heterocycles. The SMILES string of the molecule is CC1=NN=C(CNC(=O)C(C)C)C1. The molecule has 1 aliphatic rings. The third-order valence-corrected chi connectivity index (χ3v) is 1.81. The second-order valence-corrected chi connectivity index (χ2v) is 3.55. The van der Waals surface area contributed by atoms with Crippen LogP contribution in [0, 0.1) is 5.92 Å². The Labute approximate surface area is 78.1 Å². The second kappa shape index (κ2) is 4.16. The van der Waals surface area contributed by atoms with E-state index in [1.807, 2.05) is 20.8 Å². The highest BCUT2D eigenvalue weighted by molar-refractivity contribution is 6.07. The first-order chi connectivity index (χ1) is 6.09. The van der Waals surface area contributed by atoms with Gasteiger partial charge in [-0.25, -0.2) is 0 Å². The number of rotatable bonds is 3. The fourth-order valence-electron chi connectivity index (χ4n) is 1.01. The van der Waals surface area contributed by atoms with Gasteiger partial charge in [0.25, 0.3) is 0 Å². The Morgan fingerprint density at radius 1 is 1.54 bits per heavy atom. The van der Waals surface area contributed by atoms with Gasteiger partial charge in [0.15, 0.2) is 0 Å². The molecule has 0 saturated carbocycles. The number of carbonyl (C=O) groups excluding carboxylic acids is 1. The molecule has 0 aromatic heterocycles. The average molecular weight is 181 g/mol. The Kier molecular flexibility index (Phi) is 3.17. The first-order valence-corrected chi connectivity index (χ1v) is 4.46. The van der Waals surface area contributed by atoms with Crippen LogP contribution >= 0.6 is 0 Å². The van der Waals surface area contributed by atoms with Crippen LogP contribution in [0.4, 0.5) is 0 Å². The number of amides is 1. The van der Waals surface area contributed by atoms with E-state index in [0.29, 0.717) is 6.54 Å². The summed E-state index contributed by atoms with van der Waals surface area (Å²) in [5, 5.41) is 10.6. The predicted molar refractivity (Wildman–Crippen MR) is 53.0 cm³/mol. The van der Waals surface area contributed by atoms with Gasteiger partial charge in [-0.3, -0.25) is 4.79 Å². The van der Waals surface area contributed by atoms with Gasteiger partial charge in [-0.1, -0.05) is 13.8 Å². The number of hydrogen-bond acceptors (Lipinski definition) is 3. The Hall–Kier alpha value is -1.19. The number of hydrogen-bond donors (Lipinski definition) is 1. The Morgan fingerprint density at radius 2 is 2.23 bits per heavy atom. The largest absolute Gasteiger partial charge is 0.350 e. The van der Waals surface area contributed by atoms with E-state index in [9.17, 15) is 4.79 Å². The summed E-state index contributed by atoms with van der Waals surface area (Å²) in [6.07, 6.45) is 0.790. The summed E-state index contributed by atoms with van der Waals surface area (Å²) < 4.78 is 0. The minimum Gasteiger partial charge on any atom is -0.350 e. The van der Waals surface area contributed by atoms with Crippen molar-refractivity contribution in [1.29, 1.82) is 0 Å². The van der Waals surface area contributed by atoms with Crippen molar-refractivity contribution in [3.05, 3.63) is 0 Å². The van der Waals surface area contributed by atoms with E-state index in [0.717, 1.165) is 17.8 Å². The van der Waals surface area contributed by atoms with Gasteiger partial charge in [0.05, 0.1) is 12.3 Å². The third-order valence-electron chi connectivity index (χ3n) is 1.81. The molecule has 4 heteroatoms. The van der Waals surface area contributed by atoms with Gasteiger partial charge in [-0.05, 0) is 6.92 Å². The highest BCUT2D eigenvalue weighted by Gasteiger charge is 2.11. The molecule has 1 heterocycles.